The van der Waals surface area contributed by atoms with E-state index in [0.717, 1.165) is 40.9 Å². The molecule has 2 N–H and O–H groups in total. The fraction of sp³-hybridized carbons (Fsp3) is 0.233. The van der Waals surface area contributed by atoms with Crippen LogP contribution in [0.15, 0.2) is 72.9 Å². The Bertz CT molecular complexity index is 1290. The topological polar surface area (TPSA) is 77.0 Å². The summed E-state index contributed by atoms with van der Waals surface area (Å²) in [6, 6.07) is 8.24. The predicted molar refractivity (Wildman–Crippen MR) is 151 cm³/mol. The highest BCUT2D eigenvalue weighted by molar-refractivity contribution is 6.25. The van der Waals surface area contributed by atoms with Crippen LogP contribution in [0, 0.1) is 5.82 Å². The number of fused-ring (bicyclic) bond motifs is 1. The van der Waals surface area contributed by atoms with Gasteiger partial charge in [0.2, 0.25) is 11.7 Å². The summed E-state index contributed by atoms with van der Waals surface area (Å²) in [4.78, 5) is 12.8. The summed E-state index contributed by atoms with van der Waals surface area (Å²) >= 11 is 0. The highest BCUT2D eigenvalue weighted by Gasteiger charge is 2.26. The molecule has 1 aliphatic carbocycles. The number of ether oxygens (including phenoxy) is 3. The van der Waals surface area contributed by atoms with E-state index >= 15 is 0 Å². The normalized spacial score (nSPS) is 13.7. The van der Waals surface area contributed by atoms with Crippen LogP contribution in [-0.2, 0) is 4.79 Å². The minimum atomic E-state index is -0.372. The van der Waals surface area contributed by atoms with Gasteiger partial charge in [-0.2, -0.15) is 0 Å². The summed E-state index contributed by atoms with van der Waals surface area (Å²) in [6.07, 6.45) is 7.49. The molecule has 1 aliphatic rings. The molecule has 0 aliphatic heterocycles. The number of carbonyl (C=O) groups excluding carboxylic acids is 1. The van der Waals surface area contributed by atoms with Crippen LogP contribution in [0.5, 0.6) is 17.2 Å². The first kappa shape index (κ1) is 28.5. The molecule has 0 spiro atoms. The van der Waals surface area contributed by atoms with Gasteiger partial charge in [-0.1, -0.05) is 37.5 Å². The van der Waals surface area contributed by atoms with Crippen molar-refractivity contribution in [2.75, 3.05) is 27.4 Å². The van der Waals surface area contributed by atoms with Crippen molar-refractivity contribution < 1.29 is 28.4 Å². The number of allylic oxidation sites excluding steroid dienone is 4. The van der Waals surface area contributed by atoms with E-state index in [1.54, 1.807) is 24.3 Å². The van der Waals surface area contributed by atoms with Crippen molar-refractivity contribution in [1.82, 2.24) is 5.32 Å². The molecular weight excluding hydrogens is 484 g/mol. The van der Waals surface area contributed by atoms with E-state index in [2.05, 4.69) is 18.5 Å². The van der Waals surface area contributed by atoms with Gasteiger partial charge in [0, 0.05) is 6.54 Å². The number of nitrogens with one attached hydrogen (secondary N) is 1. The number of hydrogen-bond acceptors (Lipinski definition) is 5. The fourth-order valence-corrected chi connectivity index (χ4v) is 4.26. The van der Waals surface area contributed by atoms with Crippen LogP contribution in [-0.4, -0.2) is 45.8 Å². The lowest BCUT2D eigenvalue weighted by molar-refractivity contribution is -0.119. The number of carbonyl (C=O) groups is 1. The van der Waals surface area contributed by atoms with Crippen LogP contribution in [0.25, 0.3) is 17.2 Å². The fourth-order valence-electron chi connectivity index (χ4n) is 4.26. The first-order valence-electron chi connectivity index (χ1n) is 12.1. The summed E-state index contributed by atoms with van der Waals surface area (Å²) in [6.45, 7) is 9.92. The van der Waals surface area contributed by atoms with Crippen molar-refractivity contribution >= 4 is 30.6 Å². The second-order valence-corrected chi connectivity index (χ2v) is 8.56. The zero-order valence-electron chi connectivity index (χ0n) is 22.0. The molecule has 2 aromatic rings. The van der Waals surface area contributed by atoms with Crippen molar-refractivity contribution in [3.05, 3.63) is 95.4 Å². The minimum Gasteiger partial charge on any atom is -0.493 e. The molecule has 0 fully saturated rings. The van der Waals surface area contributed by atoms with Crippen LogP contribution in [0.4, 0.5) is 4.39 Å². The average Bonchev–Trinajstić information content (AvgIpc) is 3.16. The number of hydrogen-bond donors (Lipinski definition) is 2. The van der Waals surface area contributed by atoms with Crippen molar-refractivity contribution in [2.24, 2.45) is 0 Å². The molecule has 8 heteroatoms. The van der Waals surface area contributed by atoms with Crippen molar-refractivity contribution in [1.29, 1.82) is 0 Å². The third kappa shape index (κ3) is 6.64. The van der Waals surface area contributed by atoms with E-state index in [9.17, 15) is 9.18 Å². The lowest BCUT2D eigenvalue weighted by Gasteiger charge is -2.15. The Balaban J connectivity index is 1.99. The van der Waals surface area contributed by atoms with Crippen LogP contribution in [0.2, 0.25) is 6.32 Å². The number of halogens is 1. The van der Waals surface area contributed by atoms with Gasteiger partial charge in [-0.15, -0.1) is 0 Å². The Hall–Kier alpha value is -4.04. The Kier molecular flexibility index (Phi) is 10.1. The van der Waals surface area contributed by atoms with Crippen LogP contribution in [0.1, 0.15) is 30.0 Å². The molecule has 1 amide bonds. The van der Waals surface area contributed by atoms with Crippen molar-refractivity contribution in [2.45, 2.75) is 19.7 Å². The van der Waals surface area contributed by atoms with Gasteiger partial charge >= 0.3 is 0 Å². The van der Waals surface area contributed by atoms with E-state index in [0.29, 0.717) is 35.7 Å². The average molecular weight is 516 g/mol. The Labute approximate surface area is 224 Å². The minimum absolute atomic E-state index is 0.0967. The number of rotatable bonds is 13. The van der Waals surface area contributed by atoms with Gasteiger partial charge in [0.15, 0.2) is 11.5 Å². The first-order valence-corrected chi connectivity index (χ1v) is 12.1. The molecule has 0 aromatic heterocycles. The highest BCUT2D eigenvalue weighted by Crippen LogP contribution is 2.45. The summed E-state index contributed by atoms with van der Waals surface area (Å²) in [5.41, 5.74) is 5.64. The smallest absolute Gasteiger partial charge is 0.290 e. The molecule has 0 heterocycles. The maximum atomic E-state index is 14.3. The van der Waals surface area contributed by atoms with Gasteiger partial charge in [0.25, 0.3) is 7.48 Å². The molecule has 197 valence electrons. The predicted octanol–water partition coefficient (Wildman–Crippen LogP) is 5.38. The monoisotopic (exact) mass is 516 g/mol. The van der Waals surface area contributed by atoms with Crippen molar-refractivity contribution in [3.63, 3.8) is 0 Å². The molecule has 0 unspecified atom stereocenters. The van der Waals surface area contributed by atoms with Crippen LogP contribution in [0.3, 0.4) is 0 Å². The molecule has 2 aromatic carbocycles. The molecule has 0 atom stereocenters. The van der Waals surface area contributed by atoms with Gasteiger partial charge in [-0.05, 0) is 82.6 Å². The van der Waals surface area contributed by atoms with Crippen LogP contribution >= 0.6 is 0 Å². The number of benzene rings is 2. The quantitative estimate of drug-likeness (QED) is 0.212. The number of amides is 1. The van der Waals surface area contributed by atoms with E-state index in [-0.39, 0.29) is 24.8 Å². The van der Waals surface area contributed by atoms with Gasteiger partial charge in [0.05, 0.1) is 27.2 Å². The summed E-state index contributed by atoms with van der Waals surface area (Å²) in [5, 5.41) is 11.8. The molecule has 6 nitrogen and oxygen atoms in total. The third-order valence-electron chi connectivity index (χ3n) is 6.16. The van der Waals surface area contributed by atoms with E-state index in [1.165, 1.54) is 26.4 Å². The summed E-state index contributed by atoms with van der Waals surface area (Å²) in [5.74, 6) is 0.819. The highest BCUT2D eigenvalue weighted by atomic mass is 19.1. The van der Waals surface area contributed by atoms with Gasteiger partial charge < -0.3 is 24.6 Å². The zero-order chi connectivity index (χ0) is 27.7. The largest absolute Gasteiger partial charge is 0.493 e. The molecular formula is C30H32BFNO5. The molecule has 0 bridgehead atoms. The maximum absolute atomic E-state index is 14.3. The Morgan fingerprint density at radius 3 is 2.45 bits per heavy atom. The molecule has 38 heavy (non-hydrogen) atoms. The third-order valence-corrected chi connectivity index (χ3v) is 6.16. The zero-order valence-corrected chi connectivity index (χ0v) is 22.0. The van der Waals surface area contributed by atoms with Crippen LogP contribution < -0.4 is 19.5 Å². The molecule has 0 saturated heterocycles. The molecule has 1 radical (unpaired) electrons. The standard InChI is InChI=1S/C30H32BFNO5/c1-6-8-20(7-2)18-33-29(34)17-25-19(3)24(23-10-9-22(32)16-26(23)25)13-21-14-27(36-4)30(28(15-21)37-5)38-12-11-31-35/h6-10,13-16,35H,1-2,11-12,17-18H2,3-5H3,(H,33,34)/b20-8+,24-13-. The summed E-state index contributed by atoms with van der Waals surface area (Å²) < 4.78 is 31.1. The van der Waals surface area contributed by atoms with E-state index in [4.69, 9.17) is 19.2 Å². The lowest BCUT2D eigenvalue weighted by atomic mass is 9.98. The van der Waals surface area contributed by atoms with Gasteiger partial charge in [-0.25, -0.2) is 4.39 Å². The second-order valence-electron chi connectivity index (χ2n) is 8.56. The Morgan fingerprint density at radius 1 is 1.13 bits per heavy atom. The molecule has 0 saturated carbocycles. The molecule has 3 rings (SSSR count). The Morgan fingerprint density at radius 2 is 1.84 bits per heavy atom. The van der Waals surface area contributed by atoms with E-state index < -0.39 is 0 Å². The first-order chi connectivity index (χ1) is 18.4. The second kappa shape index (κ2) is 13.5. The number of methoxy groups -OCH3 is 2. The summed E-state index contributed by atoms with van der Waals surface area (Å²) in [7, 11) is 4.10. The van der Waals surface area contributed by atoms with Gasteiger partial charge in [-0.3, -0.25) is 4.79 Å². The lowest BCUT2D eigenvalue weighted by Crippen LogP contribution is -2.25. The van der Waals surface area contributed by atoms with E-state index in [1.807, 2.05) is 25.1 Å². The van der Waals surface area contributed by atoms with Crippen molar-refractivity contribution in [3.8, 4) is 17.2 Å². The van der Waals surface area contributed by atoms with Gasteiger partial charge in [0.1, 0.15) is 5.82 Å². The SMILES string of the molecule is C=C/C=C(\C=C)CNC(=O)CC1=C(C)/C(=C/c2cc(OC)c(OCC[B]O)c(OC)c2)c2ccc(F)cc21. The maximum Gasteiger partial charge on any atom is 0.290 e.